The van der Waals surface area contributed by atoms with Crippen molar-refractivity contribution in [2.75, 3.05) is 7.11 Å². The molecule has 2 aromatic carbocycles. The molecule has 0 unspecified atom stereocenters. The number of esters is 1. The van der Waals surface area contributed by atoms with Crippen LogP contribution in [0.3, 0.4) is 0 Å². The second-order valence-corrected chi connectivity index (χ2v) is 7.39. The van der Waals surface area contributed by atoms with E-state index in [0.717, 1.165) is 27.3 Å². The smallest absolute Gasteiger partial charge is 0.337 e. The maximum atomic E-state index is 13.6. The van der Waals surface area contributed by atoms with Crippen LogP contribution in [0.15, 0.2) is 72.1 Å². The Morgan fingerprint density at radius 2 is 1.97 bits per heavy atom. The SMILES string of the molecule is COC(=O)c1ccc(CSc2nc3ccncc3n2Cc2cccc(F)c2)cc1. The molecule has 0 amide bonds. The van der Waals surface area contributed by atoms with Crippen LogP contribution in [0.1, 0.15) is 21.5 Å². The van der Waals surface area contributed by atoms with Crippen molar-refractivity contribution in [1.29, 1.82) is 0 Å². The molecule has 0 aliphatic heterocycles. The van der Waals surface area contributed by atoms with Gasteiger partial charge in [-0.1, -0.05) is 36.0 Å². The second-order valence-electron chi connectivity index (χ2n) is 6.45. The zero-order chi connectivity index (χ0) is 20.2. The highest BCUT2D eigenvalue weighted by Crippen LogP contribution is 2.27. The van der Waals surface area contributed by atoms with Crippen molar-refractivity contribution in [1.82, 2.24) is 14.5 Å². The summed E-state index contributed by atoms with van der Waals surface area (Å²) in [6.45, 7) is 0.504. The Bertz CT molecular complexity index is 1160. The van der Waals surface area contributed by atoms with Crippen molar-refractivity contribution in [3.8, 4) is 0 Å². The molecule has 0 bridgehead atoms. The molecule has 0 aliphatic carbocycles. The lowest BCUT2D eigenvalue weighted by Gasteiger charge is -2.09. The number of carbonyl (C=O) groups excluding carboxylic acids is 1. The molecule has 4 rings (SSSR count). The van der Waals surface area contributed by atoms with Crippen LogP contribution in [0.25, 0.3) is 11.0 Å². The van der Waals surface area contributed by atoms with Gasteiger partial charge in [-0.25, -0.2) is 14.2 Å². The molecule has 0 aliphatic rings. The summed E-state index contributed by atoms with van der Waals surface area (Å²) in [4.78, 5) is 20.5. The monoisotopic (exact) mass is 407 g/mol. The van der Waals surface area contributed by atoms with Crippen LogP contribution in [0.2, 0.25) is 0 Å². The molecule has 29 heavy (non-hydrogen) atoms. The Hall–Kier alpha value is -3.19. The van der Waals surface area contributed by atoms with E-state index in [0.29, 0.717) is 17.9 Å². The molecule has 2 aromatic heterocycles. The van der Waals surface area contributed by atoms with Crippen molar-refractivity contribution in [2.45, 2.75) is 17.5 Å². The van der Waals surface area contributed by atoms with Crippen LogP contribution in [-0.4, -0.2) is 27.6 Å². The van der Waals surface area contributed by atoms with Gasteiger partial charge in [0.15, 0.2) is 5.16 Å². The standard InChI is InChI=1S/C22H18FN3O2S/c1-28-21(27)17-7-5-15(6-8-17)14-29-22-25-19-9-10-24-12-20(19)26(22)13-16-3-2-4-18(23)11-16/h2-12H,13-14H2,1H3. The van der Waals surface area contributed by atoms with Crippen LogP contribution in [0, 0.1) is 5.82 Å². The number of nitrogens with zero attached hydrogens (tertiary/aromatic N) is 3. The van der Waals surface area contributed by atoms with Gasteiger partial charge in [-0.2, -0.15) is 0 Å². The minimum Gasteiger partial charge on any atom is -0.465 e. The summed E-state index contributed by atoms with van der Waals surface area (Å²) in [5.41, 5.74) is 4.19. The minimum atomic E-state index is -0.353. The molecule has 5 nitrogen and oxygen atoms in total. The molecular formula is C22H18FN3O2S. The number of halogens is 1. The Kier molecular flexibility index (Phi) is 5.57. The molecule has 0 fully saturated rings. The van der Waals surface area contributed by atoms with Crippen molar-refractivity contribution >= 4 is 28.8 Å². The van der Waals surface area contributed by atoms with E-state index in [-0.39, 0.29) is 11.8 Å². The van der Waals surface area contributed by atoms with Gasteiger partial charge in [0.25, 0.3) is 0 Å². The average molecular weight is 407 g/mol. The summed E-state index contributed by atoms with van der Waals surface area (Å²) in [7, 11) is 1.37. The molecule has 2 heterocycles. The highest BCUT2D eigenvalue weighted by molar-refractivity contribution is 7.98. The first-order chi connectivity index (χ1) is 14.1. The normalized spacial score (nSPS) is 11.0. The van der Waals surface area contributed by atoms with E-state index < -0.39 is 0 Å². The van der Waals surface area contributed by atoms with Gasteiger partial charge < -0.3 is 9.30 Å². The number of ether oxygens (including phenoxy) is 1. The summed E-state index contributed by atoms with van der Waals surface area (Å²) >= 11 is 1.58. The molecular weight excluding hydrogens is 389 g/mol. The summed E-state index contributed by atoms with van der Waals surface area (Å²) in [5, 5.41) is 0.828. The van der Waals surface area contributed by atoms with E-state index in [9.17, 15) is 9.18 Å². The number of hydrogen-bond acceptors (Lipinski definition) is 5. The number of imidazole rings is 1. The summed E-state index contributed by atoms with van der Waals surface area (Å²) < 4.78 is 20.4. The molecule has 4 aromatic rings. The van der Waals surface area contributed by atoms with Gasteiger partial charge in [-0.15, -0.1) is 0 Å². The van der Waals surface area contributed by atoms with Crippen LogP contribution < -0.4 is 0 Å². The number of benzene rings is 2. The number of rotatable bonds is 6. The number of pyridine rings is 1. The zero-order valence-electron chi connectivity index (χ0n) is 15.7. The second kappa shape index (κ2) is 8.45. The lowest BCUT2D eigenvalue weighted by atomic mass is 10.1. The lowest BCUT2D eigenvalue weighted by molar-refractivity contribution is 0.0600. The molecule has 7 heteroatoms. The molecule has 146 valence electrons. The zero-order valence-corrected chi connectivity index (χ0v) is 16.5. The third kappa shape index (κ3) is 4.30. The molecule has 0 atom stereocenters. The van der Waals surface area contributed by atoms with Gasteiger partial charge in [-0.05, 0) is 41.5 Å². The minimum absolute atomic E-state index is 0.259. The highest BCUT2D eigenvalue weighted by Gasteiger charge is 2.13. The quantitative estimate of drug-likeness (QED) is 0.343. The predicted octanol–water partition coefficient (Wildman–Crippen LogP) is 4.70. The number of aromatic nitrogens is 3. The Morgan fingerprint density at radius 3 is 2.72 bits per heavy atom. The van der Waals surface area contributed by atoms with E-state index in [4.69, 9.17) is 9.72 Å². The van der Waals surface area contributed by atoms with E-state index >= 15 is 0 Å². The van der Waals surface area contributed by atoms with Gasteiger partial charge in [0.1, 0.15) is 5.82 Å². The molecule has 0 saturated carbocycles. The maximum absolute atomic E-state index is 13.6. The van der Waals surface area contributed by atoms with E-state index in [1.807, 2.05) is 28.8 Å². The summed E-state index contributed by atoms with van der Waals surface area (Å²) in [6.07, 6.45) is 3.48. The largest absolute Gasteiger partial charge is 0.465 e. The molecule has 0 N–H and O–H groups in total. The van der Waals surface area contributed by atoms with Crippen LogP contribution in [0.4, 0.5) is 4.39 Å². The highest BCUT2D eigenvalue weighted by atomic mass is 32.2. The van der Waals surface area contributed by atoms with Crippen molar-refractivity contribution in [3.63, 3.8) is 0 Å². The molecule has 0 radical (unpaired) electrons. The summed E-state index contributed by atoms with van der Waals surface area (Å²) in [6, 6.07) is 15.7. The van der Waals surface area contributed by atoms with E-state index in [1.165, 1.54) is 19.2 Å². The molecule has 0 saturated heterocycles. The van der Waals surface area contributed by atoms with E-state index in [2.05, 4.69) is 4.98 Å². The lowest BCUT2D eigenvalue weighted by Crippen LogP contribution is -2.02. The van der Waals surface area contributed by atoms with Crippen LogP contribution >= 0.6 is 11.8 Å². The Labute approximate surface area is 171 Å². The number of methoxy groups -OCH3 is 1. The maximum Gasteiger partial charge on any atom is 0.337 e. The fraction of sp³-hybridized carbons (Fsp3) is 0.136. The van der Waals surface area contributed by atoms with Gasteiger partial charge >= 0.3 is 5.97 Å². The van der Waals surface area contributed by atoms with E-state index in [1.54, 1.807) is 42.4 Å². The van der Waals surface area contributed by atoms with Crippen molar-refractivity contribution < 1.29 is 13.9 Å². The van der Waals surface area contributed by atoms with Gasteiger partial charge in [0.05, 0.1) is 36.4 Å². The van der Waals surface area contributed by atoms with Gasteiger partial charge in [0, 0.05) is 11.9 Å². The van der Waals surface area contributed by atoms with Crippen LogP contribution in [-0.2, 0) is 17.0 Å². The fourth-order valence-corrected chi connectivity index (χ4v) is 4.00. The number of hydrogen-bond donors (Lipinski definition) is 0. The average Bonchev–Trinajstić information content (AvgIpc) is 3.09. The first kappa shape index (κ1) is 19.1. The summed E-state index contributed by atoms with van der Waals surface area (Å²) in [5.74, 6) is 0.0694. The third-order valence-electron chi connectivity index (χ3n) is 4.49. The third-order valence-corrected chi connectivity index (χ3v) is 5.54. The predicted molar refractivity (Wildman–Crippen MR) is 110 cm³/mol. The first-order valence-electron chi connectivity index (χ1n) is 8.99. The number of carbonyl (C=O) groups is 1. The van der Waals surface area contributed by atoms with Gasteiger partial charge in [-0.3, -0.25) is 4.98 Å². The number of fused-ring (bicyclic) bond motifs is 1. The van der Waals surface area contributed by atoms with Crippen molar-refractivity contribution in [3.05, 3.63) is 89.5 Å². The fourth-order valence-electron chi connectivity index (χ4n) is 3.03. The Balaban J connectivity index is 1.59. The van der Waals surface area contributed by atoms with Crippen molar-refractivity contribution in [2.24, 2.45) is 0 Å². The first-order valence-corrected chi connectivity index (χ1v) is 9.97. The molecule has 0 spiro atoms. The van der Waals surface area contributed by atoms with Gasteiger partial charge in [0.2, 0.25) is 0 Å². The van der Waals surface area contributed by atoms with Crippen LogP contribution in [0.5, 0.6) is 0 Å². The number of thioether (sulfide) groups is 1. The Morgan fingerprint density at radius 1 is 1.14 bits per heavy atom. The topological polar surface area (TPSA) is 57.0 Å².